The maximum absolute atomic E-state index is 11.7. The molecule has 3 atom stereocenters. The Morgan fingerprint density at radius 2 is 2.13 bits per heavy atom. The van der Waals surface area contributed by atoms with Crippen molar-refractivity contribution in [3.8, 4) is 0 Å². The minimum atomic E-state index is -0.935. The SMILES string of the molecule is CC1CCN(C(=O)[C@@H](C)N)C(C(=O)O)C1. The van der Waals surface area contributed by atoms with E-state index < -0.39 is 18.1 Å². The van der Waals surface area contributed by atoms with Crippen LogP contribution in [0.5, 0.6) is 0 Å². The lowest BCUT2D eigenvalue weighted by molar-refractivity contribution is -0.153. The molecular weight excluding hydrogens is 196 g/mol. The summed E-state index contributed by atoms with van der Waals surface area (Å²) in [6.45, 7) is 4.08. The first-order valence-corrected chi connectivity index (χ1v) is 5.22. The van der Waals surface area contributed by atoms with Crippen LogP contribution in [0.1, 0.15) is 26.7 Å². The Morgan fingerprint density at radius 1 is 1.53 bits per heavy atom. The third kappa shape index (κ3) is 2.68. The molecule has 5 nitrogen and oxygen atoms in total. The van der Waals surface area contributed by atoms with E-state index in [0.29, 0.717) is 18.9 Å². The number of aliphatic carboxylic acids is 1. The van der Waals surface area contributed by atoms with Crippen molar-refractivity contribution in [1.29, 1.82) is 0 Å². The molecule has 0 aromatic carbocycles. The van der Waals surface area contributed by atoms with Crippen molar-refractivity contribution in [2.24, 2.45) is 11.7 Å². The molecule has 0 spiro atoms. The molecular formula is C10H18N2O3. The third-order valence-electron chi connectivity index (χ3n) is 2.82. The summed E-state index contributed by atoms with van der Waals surface area (Å²) in [5.74, 6) is -0.854. The van der Waals surface area contributed by atoms with Gasteiger partial charge < -0.3 is 15.7 Å². The maximum Gasteiger partial charge on any atom is 0.326 e. The summed E-state index contributed by atoms with van der Waals surface area (Å²) < 4.78 is 0. The zero-order valence-electron chi connectivity index (χ0n) is 9.14. The topological polar surface area (TPSA) is 83.6 Å². The molecule has 0 saturated carbocycles. The fourth-order valence-corrected chi connectivity index (χ4v) is 1.90. The Labute approximate surface area is 89.2 Å². The smallest absolute Gasteiger partial charge is 0.326 e. The number of hydrogen-bond acceptors (Lipinski definition) is 3. The van der Waals surface area contributed by atoms with Crippen LogP contribution in [0.25, 0.3) is 0 Å². The molecule has 3 N–H and O–H groups in total. The van der Waals surface area contributed by atoms with Gasteiger partial charge in [-0.15, -0.1) is 0 Å². The van der Waals surface area contributed by atoms with E-state index >= 15 is 0 Å². The van der Waals surface area contributed by atoms with Crippen LogP contribution in [0.3, 0.4) is 0 Å². The first-order valence-electron chi connectivity index (χ1n) is 5.22. The molecule has 5 heteroatoms. The van der Waals surface area contributed by atoms with Crippen LogP contribution in [0.15, 0.2) is 0 Å². The minimum absolute atomic E-state index is 0.269. The summed E-state index contributed by atoms with van der Waals surface area (Å²) in [6, 6.07) is -1.33. The van der Waals surface area contributed by atoms with Gasteiger partial charge in [0.1, 0.15) is 6.04 Å². The van der Waals surface area contributed by atoms with Gasteiger partial charge in [0.05, 0.1) is 6.04 Å². The second-order valence-corrected chi connectivity index (χ2v) is 4.30. The lowest BCUT2D eigenvalue weighted by Crippen LogP contribution is -2.54. The molecule has 2 unspecified atom stereocenters. The van der Waals surface area contributed by atoms with Crippen LogP contribution in [-0.2, 0) is 9.59 Å². The number of carbonyl (C=O) groups is 2. The Bertz CT molecular complexity index is 265. The molecule has 1 rings (SSSR count). The third-order valence-corrected chi connectivity index (χ3v) is 2.82. The Hall–Kier alpha value is -1.10. The summed E-state index contributed by atoms with van der Waals surface area (Å²) in [6.07, 6.45) is 1.37. The molecule has 1 fully saturated rings. The van der Waals surface area contributed by atoms with Crippen LogP contribution in [-0.4, -0.2) is 40.5 Å². The van der Waals surface area contributed by atoms with Gasteiger partial charge >= 0.3 is 5.97 Å². The maximum atomic E-state index is 11.7. The van der Waals surface area contributed by atoms with E-state index in [0.717, 1.165) is 6.42 Å². The van der Waals surface area contributed by atoms with Crippen molar-refractivity contribution >= 4 is 11.9 Å². The summed E-state index contributed by atoms with van der Waals surface area (Å²) in [5.41, 5.74) is 5.48. The highest BCUT2D eigenvalue weighted by atomic mass is 16.4. The number of rotatable bonds is 2. The van der Waals surface area contributed by atoms with Crippen LogP contribution < -0.4 is 5.73 Å². The number of carboxylic acids is 1. The average Bonchev–Trinajstić information content (AvgIpc) is 2.16. The van der Waals surface area contributed by atoms with Gasteiger partial charge in [0.25, 0.3) is 0 Å². The molecule has 0 aromatic heterocycles. The number of carboxylic acid groups (broad SMARTS) is 1. The van der Waals surface area contributed by atoms with Gasteiger partial charge in [0.2, 0.25) is 5.91 Å². The first kappa shape index (κ1) is 12.0. The fourth-order valence-electron chi connectivity index (χ4n) is 1.90. The van der Waals surface area contributed by atoms with Crippen molar-refractivity contribution in [3.05, 3.63) is 0 Å². The normalized spacial score (nSPS) is 28.6. The molecule has 1 aliphatic rings. The van der Waals surface area contributed by atoms with Gasteiger partial charge in [-0.3, -0.25) is 4.79 Å². The van der Waals surface area contributed by atoms with Crippen molar-refractivity contribution in [2.45, 2.75) is 38.8 Å². The number of amides is 1. The molecule has 86 valence electrons. The van der Waals surface area contributed by atoms with Gasteiger partial charge in [0, 0.05) is 6.54 Å². The standard InChI is InChI=1S/C10H18N2O3/c1-6-3-4-12(9(13)7(2)11)8(5-6)10(14)15/h6-8H,3-5,11H2,1-2H3,(H,14,15)/t6?,7-,8?/m1/s1. The zero-order valence-corrected chi connectivity index (χ0v) is 9.14. The van der Waals surface area contributed by atoms with Gasteiger partial charge in [-0.05, 0) is 25.7 Å². The largest absolute Gasteiger partial charge is 0.480 e. The Morgan fingerprint density at radius 3 is 2.60 bits per heavy atom. The number of nitrogens with two attached hydrogens (primary N) is 1. The highest BCUT2D eigenvalue weighted by Gasteiger charge is 2.35. The Kier molecular flexibility index (Phi) is 3.68. The fraction of sp³-hybridized carbons (Fsp3) is 0.800. The Balaban J connectivity index is 2.77. The molecule has 0 aromatic rings. The second kappa shape index (κ2) is 4.61. The lowest BCUT2D eigenvalue weighted by atomic mass is 9.92. The molecule has 0 bridgehead atoms. The number of likely N-dealkylation sites (tertiary alicyclic amines) is 1. The first-order chi connectivity index (χ1) is 6.93. The zero-order chi connectivity index (χ0) is 11.6. The van der Waals surface area contributed by atoms with Crippen molar-refractivity contribution in [2.75, 3.05) is 6.54 Å². The molecule has 0 aliphatic carbocycles. The highest BCUT2D eigenvalue weighted by molar-refractivity contribution is 5.86. The van der Waals surface area contributed by atoms with Gasteiger partial charge in [-0.25, -0.2) is 4.79 Å². The molecule has 1 heterocycles. The molecule has 1 saturated heterocycles. The average molecular weight is 214 g/mol. The van der Waals surface area contributed by atoms with Crippen LogP contribution in [0.2, 0.25) is 0 Å². The van der Waals surface area contributed by atoms with Gasteiger partial charge in [-0.2, -0.15) is 0 Å². The lowest BCUT2D eigenvalue weighted by Gasteiger charge is -2.36. The van der Waals surface area contributed by atoms with E-state index in [4.69, 9.17) is 10.8 Å². The van der Waals surface area contributed by atoms with E-state index in [2.05, 4.69) is 0 Å². The minimum Gasteiger partial charge on any atom is -0.480 e. The second-order valence-electron chi connectivity index (χ2n) is 4.30. The summed E-state index contributed by atoms with van der Waals surface area (Å²) in [4.78, 5) is 24.1. The molecule has 1 amide bonds. The number of nitrogens with zero attached hydrogens (tertiary/aromatic N) is 1. The predicted molar refractivity (Wildman–Crippen MR) is 55.2 cm³/mol. The van der Waals surface area contributed by atoms with E-state index in [1.165, 1.54) is 4.90 Å². The van der Waals surface area contributed by atoms with Crippen molar-refractivity contribution in [1.82, 2.24) is 4.90 Å². The number of piperidine rings is 1. The van der Waals surface area contributed by atoms with Crippen LogP contribution in [0, 0.1) is 5.92 Å². The van der Waals surface area contributed by atoms with Crippen molar-refractivity contribution in [3.63, 3.8) is 0 Å². The van der Waals surface area contributed by atoms with Gasteiger partial charge in [0.15, 0.2) is 0 Å². The van der Waals surface area contributed by atoms with Crippen LogP contribution in [0.4, 0.5) is 0 Å². The predicted octanol–water partition coefficient (Wildman–Crippen LogP) is 0.0453. The molecule has 15 heavy (non-hydrogen) atoms. The summed E-state index contributed by atoms with van der Waals surface area (Å²) >= 11 is 0. The van der Waals surface area contributed by atoms with E-state index in [9.17, 15) is 9.59 Å². The number of hydrogen-bond donors (Lipinski definition) is 2. The monoisotopic (exact) mass is 214 g/mol. The highest BCUT2D eigenvalue weighted by Crippen LogP contribution is 2.23. The summed E-state index contributed by atoms with van der Waals surface area (Å²) in [7, 11) is 0. The quantitative estimate of drug-likeness (QED) is 0.680. The number of carbonyl (C=O) groups excluding carboxylic acids is 1. The van der Waals surface area contributed by atoms with Crippen molar-refractivity contribution < 1.29 is 14.7 Å². The van der Waals surface area contributed by atoms with Crippen LogP contribution >= 0.6 is 0 Å². The van der Waals surface area contributed by atoms with Gasteiger partial charge in [-0.1, -0.05) is 6.92 Å². The van der Waals surface area contributed by atoms with E-state index in [-0.39, 0.29) is 5.91 Å². The molecule has 0 radical (unpaired) electrons. The van der Waals surface area contributed by atoms with E-state index in [1.54, 1.807) is 6.92 Å². The summed E-state index contributed by atoms with van der Waals surface area (Å²) in [5, 5.41) is 9.02. The van der Waals surface area contributed by atoms with E-state index in [1.807, 2.05) is 6.92 Å². The molecule has 1 aliphatic heterocycles.